The Morgan fingerprint density at radius 3 is 2.81 bits per heavy atom. The largest absolute Gasteiger partial charge is 0.346 e. The molecule has 0 fully saturated rings. The lowest BCUT2D eigenvalue weighted by molar-refractivity contribution is 0.470. The number of hydrogen-bond donors (Lipinski definition) is 1. The van der Waals surface area contributed by atoms with Crippen LogP contribution in [0.3, 0.4) is 0 Å². The number of aryl methyl sites for hydroxylation is 2. The molecule has 0 saturated heterocycles. The number of anilines is 1. The standard InChI is InChI=1S/C15H19BrN4S/c1-4-20-14(12(16)9-17-20)10-19(3)15(21)18-13-8-6-5-7-11(13)2/h5-9H,4,10H2,1-3H3,(H,18,21). The molecule has 0 aliphatic carbocycles. The van der Waals surface area contributed by atoms with Crippen LogP contribution >= 0.6 is 28.1 Å². The Labute approximate surface area is 139 Å². The maximum absolute atomic E-state index is 5.48. The summed E-state index contributed by atoms with van der Waals surface area (Å²) in [4.78, 5) is 2.01. The number of para-hydroxylation sites is 1. The molecule has 1 aromatic carbocycles. The molecule has 112 valence electrons. The highest BCUT2D eigenvalue weighted by atomic mass is 79.9. The Morgan fingerprint density at radius 2 is 2.14 bits per heavy atom. The van der Waals surface area contributed by atoms with Crippen LogP contribution in [0.4, 0.5) is 5.69 Å². The van der Waals surface area contributed by atoms with Crippen LogP contribution in [0.2, 0.25) is 0 Å². The smallest absolute Gasteiger partial charge is 0.173 e. The van der Waals surface area contributed by atoms with E-state index in [4.69, 9.17) is 12.2 Å². The zero-order valence-electron chi connectivity index (χ0n) is 12.4. The molecule has 0 spiro atoms. The molecule has 1 aromatic heterocycles. The second-order valence-electron chi connectivity index (χ2n) is 4.86. The molecule has 21 heavy (non-hydrogen) atoms. The first kappa shape index (κ1) is 16.0. The maximum atomic E-state index is 5.48. The van der Waals surface area contributed by atoms with E-state index in [1.807, 2.05) is 41.0 Å². The predicted molar refractivity (Wildman–Crippen MR) is 94.5 cm³/mol. The van der Waals surface area contributed by atoms with Crippen LogP contribution in [-0.2, 0) is 13.1 Å². The van der Waals surface area contributed by atoms with Gasteiger partial charge in [-0.15, -0.1) is 0 Å². The second-order valence-corrected chi connectivity index (χ2v) is 6.10. The zero-order chi connectivity index (χ0) is 15.4. The van der Waals surface area contributed by atoms with E-state index in [9.17, 15) is 0 Å². The van der Waals surface area contributed by atoms with Crippen LogP contribution in [0.25, 0.3) is 0 Å². The first-order chi connectivity index (χ1) is 10.0. The Kier molecular flexibility index (Phi) is 5.36. The van der Waals surface area contributed by atoms with Crippen molar-refractivity contribution < 1.29 is 0 Å². The third kappa shape index (κ3) is 3.83. The van der Waals surface area contributed by atoms with Crippen molar-refractivity contribution in [3.05, 3.63) is 46.2 Å². The first-order valence-corrected chi connectivity index (χ1v) is 8.01. The molecule has 2 aromatic rings. The quantitative estimate of drug-likeness (QED) is 0.834. The van der Waals surface area contributed by atoms with Gasteiger partial charge in [-0.3, -0.25) is 4.68 Å². The number of nitrogens with zero attached hydrogens (tertiary/aromatic N) is 3. The number of nitrogens with one attached hydrogen (secondary N) is 1. The number of rotatable bonds is 4. The molecule has 0 amide bonds. The van der Waals surface area contributed by atoms with E-state index >= 15 is 0 Å². The van der Waals surface area contributed by atoms with Crippen molar-refractivity contribution in [3.8, 4) is 0 Å². The van der Waals surface area contributed by atoms with Gasteiger partial charge in [0.05, 0.1) is 22.9 Å². The second kappa shape index (κ2) is 7.04. The van der Waals surface area contributed by atoms with E-state index in [-0.39, 0.29) is 0 Å². The van der Waals surface area contributed by atoms with Crippen LogP contribution < -0.4 is 5.32 Å². The molecule has 4 nitrogen and oxygen atoms in total. The third-order valence-corrected chi connectivity index (χ3v) is 4.39. The summed E-state index contributed by atoms with van der Waals surface area (Å²) < 4.78 is 2.98. The van der Waals surface area contributed by atoms with Crippen LogP contribution in [0.15, 0.2) is 34.9 Å². The summed E-state index contributed by atoms with van der Waals surface area (Å²) in [6.45, 7) is 5.68. The molecule has 0 aliphatic rings. The highest BCUT2D eigenvalue weighted by Crippen LogP contribution is 2.19. The van der Waals surface area contributed by atoms with Crippen LogP contribution in [0.1, 0.15) is 18.2 Å². The summed E-state index contributed by atoms with van der Waals surface area (Å²) in [6, 6.07) is 8.11. The minimum absolute atomic E-state index is 0.694. The van der Waals surface area contributed by atoms with E-state index in [0.717, 1.165) is 22.4 Å². The van der Waals surface area contributed by atoms with Gasteiger partial charge in [-0.05, 0) is 53.6 Å². The average molecular weight is 367 g/mol. The van der Waals surface area contributed by atoms with Crippen molar-refractivity contribution in [2.45, 2.75) is 26.9 Å². The van der Waals surface area contributed by atoms with Crippen molar-refractivity contribution in [2.24, 2.45) is 0 Å². The lowest BCUT2D eigenvalue weighted by atomic mass is 10.2. The van der Waals surface area contributed by atoms with Crippen molar-refractivity contribution in [2.75, 3.05) is 12.4 Å². The fourth-order valence-electron chi connectivity index (χ4n) is 2.04. The average Bonchev–Trinajstić information content (AvgIpc) is 2.82. The minimum atomic E-state index is 0.694. The van der Waals surface area contributed by atoms with E-state index in [0.29, 0.717) is 11.7 Å². The number of benzene rings is 1. The number of halogens is 1. The van der Waals surface area contributed by atoms with E-state index in [1.165, 1.54) is 5.56 Å². The molecule has 1 N–H and O–H groups in total. The molecule has 0 radical (unpaired) electrons. The zero-order valence-corrected chi connectivity index (χ0v) is 14.8. The van der Waals surface area contributed by atoms with Crippen molar-refractivity contribution >= 4 is 38.9 Å². The highest BCUT2D eigenvalue weighted by molar-refractivity contribution is 9.10. The molecule has 2 rings (SSSR count). The molecule has 6 heteroatoms. The molecule has 0 aliphatic heterocycles. The van der Waals surface area contributed by atoms with E-state index in [1.54, 1.807) is 0 Å². The summed E-state index contributed by atoms with van der Waals surface area (Å²) >= 11 is 9.02. The Balaban J connectivity index is 2.06. The van der Waals surface area contributed by atoms with Gasteiger partial charge in [-0.25, -0.2) is 0 Å². The van der Waals surface area contributed by atoms with Crippen LogP contribution in [-0.4, -0.2) is 26.8 Å². The number of hydrogen-bond acceptors (Lipinski definition) is 2. The van der Waals surface area contributed by atoms with Gasteiger partial charge < -0.3 is 10.2 Å². The normalized spacial score (nSPS) is 10.5. The summed E-state index contributed by atoms with van der Waals surface area (Å²) in [5, 5.41) is 8.31. The molecule has 1 heterocycles. The lowest BCUT2D eigenvalue weighted by Crippen LogP contribution is -2.31. The van der Waals surface area contributed by atoms with Gasteiger partial charge in [0.25, 0.3) is 0 Å². The number of thiocarbonyl (C=S) groups is 1. The minimum Gasteiger partial charge on any atom is -0.346 e. The molecular weight excluding hydrogens is 348 g/mol. The molecule has 0 atom stereocenters. The van der Waals surface area contributed by atoms with E-state index < -0.39 is 0 Å². The monoisotopic (exact) mass is 366 g/mol. The predicted octanol–water partition coefficient (Wildman–Crippen LogP) is 3.80. The van der Waals surface area contributed by atoms with Crippen LogP contribution in [0.5, 0.6) is 0 Å². The lowest BCUT2D eigenvalue weighted by Gasteiger charge is -2.22. The summed E-state index contributed by atoms with van der Waals surface area (Å²) in [5.74, 6) is 0. The fourth-order valence-corrected chi connectivity index (χ4v) is 2.63. The third-order valence-electron chi connectivity index (χ3n) is 3.32. The maximum Gasteiger partial charge on any atom is 0.173 e. The van der Waals surface area contributed by atoms with Gasteiger partial charge in [0.2, 0.25) is 0 Å². The Morgan fingerprint density at radius 1 is 1.43 bits per heavy atom. The van der Waals surface area contributed by atoms with Crippen molar-refractivity contribution in [1.82, 2.24) is 14.7 Å². The molecule has 0 bridgehead atoms. The molecule has 0 saturated carbocycles. The Hall–Kier alpha value is -1.40. The van der Waals surface area contributed by atoms with Gasteiger partial charge >= 0.3 is 0 Å². The van der Waals surface area contributed by atoms with Gasteiger partial charge in [0, 0.05) is 19.3 Å². The summed E-state index contributed by atoms with van der Waals surface area (Å²) in [5.41, 5.74) is 3.33. The Bertz CT molecular complexity index is 638. The topological polar surface area (TPSA) is 33.1 Å². The summed E-state index contributed by atoms with van der Waals surface area (Å²) in [7, 11) is 1.98. The summed E-state index contributed by atoms with van der Waals surface area (Å²) in [6.07, 6.45) is 1.82. The fraction of sp³-hybridized carbons (Fsp3) is 0.333. The van der Waals surface area contributed by atoms with Crippen molar-refractivity contribution in [3.63, 3.8) is 0 Å². The van der Waals surface area contributed by atoms with Gasteiger partial charge in [0.1, 0.15) is 0 Å². The first-order valence-electron chi connectivity index (χ1n) is 6.80. The SMILES string of the molecule is CCn1ncc(Br)c1CN(C)C(=S)Nc1ccccc1C. The van der Waals surface area contributed by atoms with Crippen molar-refractivity contribution in [1.29, 1.82) is 0 Å². The van der Waals surface area contributed by atoms with Gasteiger partial charge in [-0.1, -0.05) is 18.2 Å². The number of aromatic nitrogens is 2. The highest BCUT2D eigenvalue weighted by Gasteiger charge is 2.13. The molecule has 0 unspecified atom stereocenters. The van der Waals surface area contributed by atoms with E-state index in [2.05, 4.69) is 46.3 Å². The van der Waals surface area contributed by atoms with Gasteiger partial charge in [-0.2, -0.15) is 5.10 Å². The van der Waals surface area contributed by atoms with Gasteiger partial charge in [0.15, 0.2) is 5.11 Å². The molecular formula is C15H19BrN4S. The van der Waals surface area contributed by atoms with Crippen LogP contribution in [0, 0.1) is 6.92 Å².